The predicted molar refractivity (Wildman–Crippen MR) is 84.6 cm³/mol. The number of ether oxygens (including phenoxy) is 1. The zero-order chi connectivity index (χ0) is 15.1. The van der Waals surface area contributed by atoms with Crippen molar-refractivity contribution in [2.45, 2.75) is 45.1 Å². The second-order valence-corrected chi connectivity index (χ2v) is 5.56. The van der Waals surface area contributed by atoms with E-state index in [1.54, 1.807) is 7.11 Å². The third-order valence-electron chi connectivity index (χ3n) is 3.98. The van der Waals surface area contributed by atoms with Gasteiger partial charge in [0, 0.05) is 25.6 Å². The van der Waals surface area contributed by atoms with Crippen LogP contribution in [0.2, 0.25) is 0 Å². The van der Waals surface area contributed by atoms with Gasteiger partial charge in [0.25, 0.3) is 0 Å². The molecule has 1 atom stereocenters. The van der Waals surface area contributed by atoms with Crippen molar-refractivity contribution in [1.82, 2.24) is 10.6 Å². The third-order valence-corrected chi connectivity index (χ3v) is 3.98. The van der Waals surface area contributed by atoms with Crippen molar-refractivity contribution in [2.24, 2.45) is 0 Å². The molecule has 2 rings (SSSR count). The van der Waals surface area contributed by atoms with E-state index in [4.69, 9.17) is 4.74 Å². The average Bonchev–Trinajstić information content (AvgIpc) is 2.52. The maximum atomic E-state index is 11.6. The zero-order valence-corrected chi connectivity index (χ0v) is 13.1. The van der Waals surface area contributed by atoms with Gasteiger partial charge in [0.1, 0.15) is 5.75 Å². The molecular formula is C17H26N2O2. The van der Waals surface area contributed by atoms with E-state index in [2.05, 4.69) is 29.7 Å². The van der Waals surface area contributed by atoms with Crippen molar-refractivity contribution in [1.29, 1.82) is 0 Å². The highest BCUT2D eigenvalue weighted by Gasteiger charge is 2.20. The van der Waals surface area contributed by atoms with Gasteiger partial charge in [-0.3, -0.25) is 4.79 Å². The first-order valence-electron chi connectivity index (χ1n) is 7.91. The maximum Gasteiger partial charge on any atom is 0.221 e. The Morgan fingerprint density at radius 2 is 2.24 bits per heavy atom. The summed E-state index contributed by atoms with van der Waals surface area (Å²) < 4.78 is 5.29. The Kier molecular flexibility index (Phi) is 6.05. The Morgan fingerprint density at radius 3 is 3.00 bits per heavy atom. The molecule has 1 amide bonds. The number of carbonyl (C=O) groups excluding carboxylic acids is 1. The molecule has 1 aromatic carbocycles. The van der Waals surface area contributed by atoms with Crippen LogP contribution in [0.15, 0.2) is 18.2 Å². The van der Waals surface area contributed by atoms with Gasteiger partial charge in [0.2, 0.25) is 5.91 Å². The minimum atomic E-state index is 0.134. The lowest BCUT2D eigenvalue weighted by molar-refractivity contribution is -0.121. The molecule has 0 radical (unpaired) electrons. The van der Waals surface area contributed by atoms with E-state index in [0.29, 0.717) is 12.5 Å². The van der Waals surface area contributed by atoms with Crippen LogP contribution >= 0.6 is 0 Å². The van der Waals surface area contributed by atoms with Crippen molar-refractivity contribution >= 4 is 5.91 Å². The summed E-state index contributed by atoms with van der Waals surface area (Å²) in [6.45, 7) is 3.56. The van der Waals surface area contributed by atoms with Crippen molar-refractivity contribution in [3.63, 3.8) is 0 Å². The Morgan fingerprint density at radius 1 is 1.38 bits per heavy atom. The van der Waals surface area contributed by atoms with Crippen LogP contribution in [0.4, 0.5) is 0 Å². The molecule has 0 spiro atoms. The van der Waals surface area contributed by atoms with Crippen LogP contribution < -0.4 is 15.4 Å². The summed E-state index contributed by atoms with van der Waals surface area (Å²) in [5.41, 5.74) is 2.73. The number of fused-ring (bicyclic) bond motifs is 1. The molecule has 1 aliphatic rings. The van der Waals surface area contributed by atoms with Crippen LogP contribution in [0, 0.1) is 0 Å². The second kappa shape index (κ2) is 8.03. The van der Waals surface area contributed by atoms with E-state index in [-0.39, 0.29) is 5.91 Å². The summed E-state index contributed by atoms with van der Waals surface area (Å²) in [5, 5.41) is 6.43. The highest BCUT2D eigenvalue weighted by molar-refractivity contribution is 5.76. The SMILES string of the molecule is CCCNC(=O)CCNC1CCCc2cc(OC)ccc21. The Bertz CT molecular complexity index is 474. The topological polar surface area (TPSA) is 50.4 Å². The van der Waals surface area contributed by atoms with Gasteiger partial charge in [-0.2, -0.15) is 0 Å². The first-order valence-corrected chi connectivity index (χ1v) is 7.91. The summed E-state index contributed by atoms with van der Waals surface area (Å²) in [7, 11) is 1.70. The zero-order valence-electron chi connectivity index (χ0n) is 13.1. The summed E-state index contributed by atoms with van der Waals surface area (Å²) in [6, 6.07) is 6.67. The minimum absolute atomic E-state index is 0.134. The number of hydrogen-bond donors (Lipinski definition) is 2. The average molecular weight is 290 g/mol. The molecule has 0 heterocycles. The fourth-order valence-electron chi connectivity index (χ4n) is 2.84. The number of nitrogens with one attached hydrogen (secondary N) is 2. The lowest BCUT2D eigenvalue weighted by Gasteiger charge is -2.27. The molecular weight excluding hydrogens is 264 g/mol. The van der Waals surface area contributed by atoms with E-state index in [1.165, 1.54) is 17.5 Å². The molecule has 0 bridgehead atoms. The fraction of sp³-hybridized carbons (Fsp3) is 0.588. The van der Waals surface area contributed by atoms with Gasteiger partial charge in [-0.15, -0.1) is 0 Å². The van der Waals surface area contributed by atoms with Crippen molar-refractivity contribution in [2.75, 3.05) is 20.2 Å². The normalized spacial score (nSPS) is 17.1. The van der Waals surface area contributed by atoms with Crippen molar-refractivity contribution in [3.8, 4) is 5.75 Å². The van der Waals surface area contributed by atoms with Gasteiger partial charge in [-0.25, -0.2) is 0 Å². The number of amides is 1. The smallest absolute Gasteiger partial charge is 0.221 e. The van der Waals surface area contributed by atoms with Crippen LogP contribution in [-0.2, 0) is 11.2 Å². The molecule has 1 aliphatic carbocycles. The molecule has 0 saturated heterocycles. The fourth-order valence-corrected chi connectivity index (χ4v) is 2.84. The molecule has 0 saturated carbocycles. The van der Waals surface area contributed by atoms with E-state index >= 15 is 0 Å². The predicted octanol–water partition coefficient (Wildman–Crippen LogP) is 2.58. The van der Waals surface area contributed by atoms with Crippen LogP contribution in [0.1, 0.15) is 49.8 Å². The number of benzene rings is 1. The lowest BCUT2D eigenvalue weighted by Crippen LogP contribution is -2.31. The number of hydrogen-bond acceptors (Lipinski definition) is 3. The molecule has 4 heteroatoms. The van der Waals surface area contributed by atoms with Gasteiger partial charge in [-0.1, -0.05) is 13.0 Å². The standard InChI is InChI=1S/C17H26N2O2/c1-3-10-19-17(20)9-11-18-16-6-4-5-13-12-14(21-2)7-8-15(13)16/h7-8,12,16,18H,3-6,9-11H2,1-2H3,(H,19,20). The molecule has 21 heavy (non-hydrogen) atoms. The first kappa shape index (κ1) is 15.8. The van der Waals surface area contributed by atoms with E-state index in [1.807, 2.05) is 6.07 Å². The first-order chi connectivity index (χ1) is 10.2. The molecule has 1 unspecified atom stereocenters. The Hall–Kier alpha value is -1.55. The summed E-state index contributed by atoms with van der Waals surface area (Å²) >= 11 is 0. The summed E-state index contributed by atoms with van der Waals surface area (Å²) in [5.74, 6) is 1.06. The highest BCUT2D eigenvalue weighted by Crippen LogP contribution is 2.32. The Labute approximate surface area is 127 Å². The maximum absolute atomic E-state index is 11.6. The quantitative estimate of drug-likeness (QED) is 0.811. The van der Waals surface area contributed by atoms with Gasteiger partial charge in [-0.05, 0) is 48.9 Å². The molecule has 0 aromatic heterocycles. The van der Waals surface area contributed by atoms with Crippen LogP contribution in [0.5, 0.6) is 5.75 Å². The largest absolute Gasteiger partial charge is 0.497 e. The van der Waals surface area contributed by atoms with Gasteiger partial charge in [0.15, 0.2) is 0 Å². The lowest BCUT2D eigenvalue weighted by atomic mass is 9.87. The molecule has 2 N–H and O–H groups in total. The molecule has 0 aliphatic heterocycles. The summed E-state index contributed by atoms with van der Waals surface area (Å²) in [6.07, 6.45) is 4.95. The van der Waals surface area contributed by atoms with Gasteiger partial charge >= 0.3 is 0 Å². The van der Waals surface area contributed by atoms with Gasteiger partial charge in [0.05, 0.1) is 7.11 Å². The molecule has 116 valence electrons. The molecule has 1 aromatic rings. The van der Waals surface area contributed by atoms with Crippen LogP contribution in [0.3, 0.4) is 0 Å². The number of methoxy groups -OCH3 is 1. The van der Waals surface area contributed by atoms with Crippen LogP contribution in [0.25, 0.3) is 0 Å². The number of carbonyl (C=O) groups is 1. The Balaban J connectivity index is 1.87. The molecule has 4 nitrogen and oxygen atoms in total. The van der Waals surface area contributed by atoms with Crippen LogP contribution in [-0.4, -0.2) is 26.1 Å². The number of rotatable bonds is 7. The van der Waals surface area contributed by atoms with Crippen molar-refractivity contribution in [3.05, 3.63) is 29.3 Å². The number of aryl methyl sites for hydroxylation is 1. The van der Waals surface area contributed by atoms with E-state index in [0.717, 1.165) is 38.1 Å². The highest BCUT2D eigenvalue weighted by atomic mass is 16.5. The minimum Gasteiger partial charge on any atom is -0.497 e. The van der Waals surface area contributed by atoms with Crippen molar-refractivity contribution < 1.29 is 9.53 Å². The van der Waals surface area contributed by atoms with Gasteiger partial charge < -0.3 is 15.4 Å². The third kappa shape index (κ3) is 4.46. The van der Waals surface area contributed by atoms with E-state index in [9.17, 15) is 4.79 Å². The van der Waals surface area contributed by atoms with E-state index < -0.39 is 0 Å². The second-order valence-electron chi connectivity index (χ2n) is 5.56. The molecule has 0 fully saturated rings. The summed E-state index contributed by atoms with van der Waals surface area (Å²) in [4.78, 5) is 11.6. The monoisotopic (exact) mass is 290 g/mol.